The Kier molecular flexibility index (Phi) is 3.68. The van der Waals surface area contributed by atoms with Gasteiger partial charge in [0.25, 0.3) is 0 Å². The van der Waals surface area contributed by atoms with Crippen molar-refractivity contribution < 1.29 is 0 Å². The molecule has 0 aromatic heterocycles. The summed E-state index contributed by atoms with van der Waals surface area (Å²) in [5, 5.41) is 3.78. The molecular formula is C20H31N. The first-order chi connectivity index (χ1) is 9.84. The molecule has 0 bridgehead atoms. The minimum atomic E-state index is 0.462. The lowest BCUT2D eigenvalue weighted by Crippen LogP contribution is -2.23. The highest BCUT2D eigenvalue weighted by molar-refractivity contribution is 5.35. The van der Waals surface area contributed by atoms with Gasteiger partial charge in [-0.3, -0.25) is 0 Å². The summed E-state index contributed by atoms with van der Waals surface area (Å²) in [5.74, 6) is 0.796. The summed E-state index contributed by atoms with van der Waals surface area (Å²) in [7, 11) is 0. The number of hydrogen-bond acceptors (Lipinski definition) is 1. The first-order valence-electron chi connectivity index (χ1n) is 8.69. The monoisotopic (exact) mass is 285 g/mol. The van der Waals surface area contributed by atoms with E-state index in [2.05, 4.69) is 58.1 Å². The van der Waals surface area contributed by atoms with Gasteiger partial charge >= 0.3 is 0 Å². The standard InChI is InChI=1S/C20H31N/c1-14(21-13-18-19(2,3)20(18,4)5)16-11-10-15-8-6-7-9-17(15)12-16/h10-12,14,18,21H,6-9,13H2,1-5H3. The van der Waals surface area contributed by atoms with Gasteiger partial charge in [0.15, 0.2) is 0 Å². The van der Waals surface area contributed by atoms with E-state index in [1.54, 1.807) is 11.1 Å². The van der Waals surface area contributed by atoms with E-state index >= 15 is 0 Å². The second-order valence-corrected chi connectivity index (χ2v) is 8.36. The van der Waals surface area contributed by atoms with Crippen molar-refractivity contribution in [3.63, 3.8) is 0 Å². The van der Waals surface area contributed by atoms with Crippen LogP contribution < -0.4 is 5.32 Å². The maximum absolute atomic E-state index is 3.78. The van der Waals surface area contributed by atoms with Crippen LogP contribution in [0, 0.1) is 16.7 Å². The van der Waals surface area contributed by atoms with Crippen molar-refractivity contribution in [1.29, 1.82) is 0 Å². The average Bonchev–Trinajstić information content (AvgIpc) is 2.85. The predicted molar refractivity (Wildman–Crippen MR) is 90.6 cm³/mol. The highest BCUT2D eigenvalue weighted by atomic mass is 14.9. The molecule has 0 aliphatic heterocycles. The molecule has 0 spiro atoms. The molecule has 116 valence electrons. The number of fused-ring (bicyclic) bond motifs is 1. The van der Waals surface area contributed by atoms with Crippen LogP contribution in [-0.2, 0) is 12.8 Å². The third-order valence-corrected chi connectivity index (χ3v) is 6.82. The number of benzene rings is 1. The minimum Gasteiger partial charge on any atom is -0.310 e. The van der Waals surface area contributed by atoms with E-state index in [4.69, 9.17) is 0 Å². The zero-order valence-corrected chi connectivity index (χ0v) is 14.4. The van der Waals surface area contributed by atoms with E-state index in [0.29, 0.717) is 16.9 Å². The third kappa shape index (κ3) is 2.54. The molecular weight excluding hydrogens is 254 g/mol. The fourth-order valence-corrected chi connectivity index (χ4v) is 4.28. The molecule has 1 saturated carbocycles. The summed E-state index contributed by atoms with van der Waals surface area (Å²) in [6.45, 7) is 13.1. The number of nitrogens with one attached hydrogen (secondary N) is 1. The van der Waals surface area contributed by atoms with Gasteiger partial charge in [-0.1, -0.05) is 45.9 Å². The lowest BCUT2D eigenvalue weighted by molar-refractivity contribution is 0.457. The van der Waals surface area contributed by atoms with E-state index in [9.17, 15) is 0 Å². The Morgan fingerprint density at radius 2 is 1.67 bits per heavy atom. The fourth-order valence-electron chi connectivity index (χ4n) is 4.28. The van der Waals surface area contributed by atoms with Gasteiger partial charge in [-0.15, -0.1) is 0 Å². The first-order valence-corrected chi connectivity index (χ1v) is 8.69. The van der Waals surface area contributed by atoms with Crippen LogP contribution in [0.15, 0.2) is 18.2 Å². The van der Waals surface area contributed by atoms with Gasteiger partial charge in [0.05, 0.1) is 0 Å². The van der Waals surface area contributed by atoms with Gasteiger partial charge in [0.2, 0.25) is 0 Å². The minimum absolute atomic E-state index is 0.462. The molecule has 1 heteroatoms. The molecule has 1 unspecified atom stereocenters. The zero-order chi connectivity index (χ0) is 15.3. The topological polar surface area (TPSA) is 12.0 Å². The van der Waals surface area contributed by atoms with Crippen LogP contribution in [0.1, 0.15) is 70.2 Å². The van der Waals surface area contributed by atoms with Crippen LogP contribution in [0.3, 0.4) is 0 Å². The van der Waals surface area contributed by atoms with Gasteiger partial charge in [-0.2, -0.15) is 0 Å². The Morgan fingerprint density at radius 1 is 1.05 bits per heavy atom. The van der Waals surface area contributed by atoms with Gasteiger partial charge < -0.3 is 5.32 Å². The molecule has 1 nitrogen and oxygen atoms in total. The number of rotatable bonds is 4. The van der Waals surface area contributed by atoms with E-state index in [1.807, 2.05) is 0 Å². The zero-order valence-electron chi connectivity index (χ0n) is 14.4. The SMILES string of the molecule is CC(NCC1C(C)(C)C1(C)C)c1ccc2c(c1)CCCC2. The third-order valence-electron chi connectivity index (χ3n) is 6.82. The molecule has 0 radical (unpaired) electrons. The number of aryl methyl sites for hydroxylation is 2. The Morgan fingerprint density at radius 3 is 2.29 bits per heavy atom. The lowest BCUT2D eigenvalue weighted by atomic mass is 9.89. The fraction of sp³-hybridized carbons (Fsp3) is 0.700. The van der Waals surface area contributed by atoms with Crippen LogP contribution in [0.25, 0.3) is 0 Å². The largest absolute Gasteiger partial charge is 0.310 e. The molecule has 2 aliphatic carbocycles. The summed E-state index contributed by atoms with van der Waals surface area (Å²) < 4.78 is 0. The van der Waals surface area contributed by atoms with Crippen LogP contribution >= 0.6 is 0 Å². The second-order valence-electron chi connectivity index (χ2n) is 8.36. The van der Waals surface area contributed by atoms with Crippen LogP contribution in [0.2, 0.25) is 0 Å². The van der Waals surface area contributed by atoms with Crippen LogP contribution in [0.4, 0.5) is 0 Å². The van der Waals surface area contributed by atoms with Gasteiger partial charge in [0.1, 0.15) is 0 Å². The van der Waals surface area contributed by atoms with Gasteiger partial charge in [-0.25, -0.2) is 0 Å². The molecule has 2 aliphatic rings. The molecule has 1 aromatic carbocycles. The lowest BCUT2D eigenvalue weighted by Gasteiger charge is -2.20. The Hall–Kier alpha value is -0.820. The summed E-state index contributed by atoms with van der Waals surface area (Å²) in [6.07, 6.45) is 5.29. The molecule has 0 saturated heterocycles. The van der Waals surface area contributed by atoms with E-state index < -0.39 is 0 Å². The van der Waals surface area contributed by atoms with Crippen molar-refractivity contribution in [1.82, 2.24) is 5.32 Å². The average molecular weight is 285 g/mol. The molecule has 0 amide bonds. The Bertz CT molecular complexity index is 513. The van der Waals surface area contributed by atoms with E-state index in [-0.39, 0.29) is 0 Å². The highest BCUT2D eigenvalue weighted by Crippen LogP contribution is 2.68. The van der Waals surface area contributed by atoms with Crippen molar-refractivity contribution in [2.75, 3.05) is 6.54 Å². The van der Waals surface area contributed by atoms with Gasteiger partial charge in [0, 0.05) is 6.04 Å². The molecule has 1 aromatic rings. The summed E-state index contributed by atoms with van der Waals surface area (Å²) >= 11 is 0. The quantitative estimate of drug-likeness (QED) is 0.830. The maximum Gasteiger partial charge on any atom is 0.0292 e. The van der Waals surface area contributed by atoms with Crippen molar-refractivity contribution in [2.45, 2.75) is 66.3 Å². The van der Waals surface area contributed by atoms with E-state index in [1.165, 1.54) is 31.2 Å². The van der Waals surface area contributed by atoms with Crippen molar-refractivity contribution in [3.8, 4) is 0 Å². The molecule has 1 N–H and O–H groups in total. The maximum atomic E-state index is 3.78. The van der Waals surface area contributed by atoms with Crippen molar-refractivity contribution in [2.24, 2.45) is 16.7 Å². The van der Waals surface area contributed by atoms with Gasteiger partial charge in [-0.05, 0) is 72.6 Å². The molecule has 1 atom stereocenters. The van der Waals surface area contributed by atoms with Crippen LogP contribution in [0.5, 0.6) is 0 Å². The molecule has 3 rings (SSSR count). The molecule has 1 fully saturated rings. The highest BCUT2D eigenvalue weighted by Gasteiger charge is 2.63. The molecule has 0 heterocycles. The van der Waals surface area contributed by atoms with Crippen molar-refractivity contribution >= 4 is 0 Å². The second kappa shape index (κ2) is 5.12. The summed E-state index contributed by atoms with van der Waals surface area (Å²) in [4.78, 5) is 0. The summed E-state index contributed by atoms with van der Waals surface area (Å²) in [6, 6.07) is 7.62. The predicted octanol–water partition coefficient (Wildman–Crippen LogP) is 4.90. The number of hydrogen-bond donors (Lipinski definition) is 1. The van der Waals surface area contributed by atoms with Crippen LogP contribution in [-0.4, -0.2) is 6.54 Å². The summed E-state index contributed by atoms with van der Waals surface area (Å²) in [5.41, 5.74) is 5.61. The Balaban J connectivity index is 1.63. The smallest absolute Gasteiger partial charge is 0.0292 e. The van der Waals surface area contributed by atoms with E-state index in [0.717, 1.165) is 12.5 Å². The normalized spacial score (nSPS) is 24.4. The first kappa shape index (κ1) is 15.1. The molecule has 21 heavy (non-hydrogen) atoms. The van der Waals surface area contributed by atoms with Crippen molar-refractivity contribution in [3.05, 3.63) is 34.9 Å². The Labute approximate surface area is 130 Å².